The maximum atomic E-state index is 12.9. The molecule has 1 saturated heterocycles. The molecule has 2 fully saturated rings. The molecular formula is C25H34N4O. The molecule has 0 bridgehead atoms. The zero-order valence-corrected chi connectivity index (χ0v) is 18.4. The highest BCUT2D eigenvalue weighted by atomic mass is 16.2. The summed E-state index contributed by atoms with van der Waals surface area (Å²) in [6, 6.07) is 10.4. The van der Waals surface area contributed by atoms with E-state index in [4.69, 9.17) is 4.98 Å². The zero-order valence-electron chi connectivity index (χ0n) is 18.4. The normalized spacial score (nSPS) is 19.8. The molecule has 2 heterocycles. The molecule has 1 unspecified atom stereocenters. The maximum Gasteiger partial charge on any atom is 0.225 e. The van der Waals surface area contributed by atoms with E-state index in [1.54, 1.807) is 0 Å². The number of hydrogen-bond donors (Lipinski definition) is 0. The van der Waals surface area contributed by atoms with E-state index in [2.05, 4.69) is 34.1 Å². The van der Waals surface area contributed by atoms with Gasteiger partial charge in [-0.15, -0.1) is 0 Å². The number of carbonyl (C=O) groups is 1. The largest absolute Gasteiger partial charge is 0.347 e. The molecule has 1 aliphatic carbocycles. The van der Waals surface area contributed by atoms with Gasteiger partial charge in [-0.3, -0.25) is 4.79 Å². The molecule has 0 radical (unpaired) electrons. The summed E-state index contributed by atoms with van der Waals surface area (Å²) < 4.78 is 0. The fraction of sp³-hybridized carbons (Fsp3) is 0.560. The molecule has 5 heteroatoms. The van der Waals surface area contributed by atoms with Crippen molar-refractivity contribution in [2.75, 3.05) is 32.1 Å². The van der Waals surface area contributed by atoms with Crippen molar-refractivity contribution in [2.24, 2.45) is 5.92 Å². The summed E-state index contributed by atoms with van der Waals surface area (Å²) in [5.74, 6) is 2.08. The van der Waals surface area contributed by atoms with Crippen molar-refractivity contribution in [2.45, 2.75) is 57.3 Å². The van der Waals surface area contributed by atoms with Gasteiger partial charge in [0.25, 0.3) is 0 Å². The van der Waals surface area contributed by atoms with Gasteiger partial charge in [-0.05, 0) is 30.7 Å². The van der Waals surface area contributed by atoms with Gasteiger partial charge in [0.2, 0.25) is 11.9 Å². The lowest BCUT2D eigenvalue weighted by Gasteiger charge is -2.34. The molecule has 2 aromatic rings. The highest BCUT2D eigenvalue weighted by Gasteiger charge is 2.28. The molecule has 1 saturated carbocycles. The van der Waals surface area contributed by atoms with Crippen LogP contribution in [0.1, 0.15) is 63.0 Å². The Labute approximate surface area is 180 Å². The van der Waals surface area contributed by atoms with Crippen molar-refractivity contribution in [3.8, 4) is 11.1 Å². The number of likely N-dealkylation sites (tertiary alicyclic amines) is 1. The van der Waals surface area contributed by atoms with Crippen LogP contribution in [0, 0.1) is 5.92 Å². The maximum absolute atomic E-state index is 12.9. The first-order chi connectivity index (χ1) is 14.6. The van der Waals surface area contributed by atoms with E-state index in [1.807, 2.05) is 31.3 Å². The minimum absolute atomic E-state index is 0.256. The lowest BCUT2D eigenvalue weighted by Crippen LogP contribution is -2.39. The van der Waals surface area contributed by atoms with Crippen molar-refractivity contribution in [1.29, 1.82) is 0 Å². The molecule has 160 valence electrons. The molecule has 1 aromatic carbocycles. The monoisotopic (exact) mass is 406 g/mol. The van der Waals surface area contributed by atoms with Gasteiger partial charge in [-0.1, -0.05) is 56.0 Å². The summed E-state index contributed by atoms with van der Waals surface area (Å²) in [7, 11) is 3.95. The molecule has 1 aliphatic heterocycles. The first-order valence-electron chi connectivity index (χ1n) is 11.5. The molecule has 2 aliphatic rings. The number of anilines is 1. The van der Waals surface area contributed by atoms with Crippen molar-refractivity contribution >= 4 is 11.9 Å². The molecule has 1 atom stereocenters. The van der Waals surface area contributed by atoms with Gasteiger partial charge in [0, 0.05) is 51.3 Å². The number of rotatable bonds is 6. The average molecular weight is 407 g/mol. The summed E-state index contributed by atoms with van der Waals surface area (Å²) in [5.41, 5.74) is 3.31. The number of hydrogen-bond acceptors (Lipinski definition) is 4. The van der Waals surface area contributed by atoms with Crippen LogP contribution in [0.15, 0.2) is 36.5 Å². The van der Waals surface area contributed by atoms with Crippen molar-refractivity contribution in [3.63, 3.8) is 0 Å². The van der Waals surface area contributed by atoms with Crippen LogP contribution < -0.4 is 4.90 Å². The third kappa shape index (κ3) is 4.82. The zero-order chi connectivity index (χ0) is 20.9. The van der Waals surface area contributed by atoms with Gasteiger partial charge in [-0.25, -0.2) is 9.97 Å². The Morgan fingerprint density at radius 2 is 1.87 bits per heavy atom. The van der Waals surface area contributed by atoms with E-state index in [9.17, 15) is 4.79 Å². The summed E-state index contributed by atoms with van der Waals surface area (Å²) in [4.78, 5) is 26.5. The second kappa shape index (κ2) is 9.59. The van der Waals surface area contributed by atoms with E-state index in [0.717, 1.165) is 61.0 Å². The van der Waals surface area contributed by atoms with Gasteiger partial charge < -0.3 is 9.80 Å². The Morgan fingerprint density at radius 1 is 1.10 bits per heavy atom. The molecule has 1 amide bonds. The number of carbonyl (C=O) groups excluding carboxylic acids is 1. The third-order valence-corrected chi connectivity index (χ3v) is 6.69. The number of amides is 1. The lowest BCUT2D eigenvalue weighted by atomic mass is 9.89. The standard InChI is InChI=1S/C25H34N4O/c1-28(2)25-26-17-22(20-11-4-3-5-12-20)24(27-25)21-13-8-16-29(18-21)23(30)15-14-19-9-6-7-10-19/h3-5,11-12,17,19,21H,6-10,13-16,18H2,1-2H3. The number of piperidine rings is 1. The minimum Gasteiger partial charge on any atom is -0.347 e. The van der Waals surface area contributed by atoms with E-state index in [1.165, 1.54) is 25.7 Å². The average Bonchev–Trinajstić information content (AvgIpc) is 3.31. The van der Waals surface area contributed by atoms with E-state index in [0.29, 0.717) is 12.3 Å². The smallest absolute Gasteiger partial charge is 0.225 e. The summed E-state index contributed by atoms with van der Waals surface area (Å²) in [6.45, 7) is 1.65. The Kier molecular flexibility index (Phi) is 6.66. The Morgan fingerprint density at radius 3 is 2.60 bits per heavy atom. The molecule has 30 heavy (non-hydrogen) atoms. The molecule has 4 rings (SSSR count). The van der Waals surface area contributed by atoms with Crippen LogP contribution in [0.2, 0.25) is 0 Å². The molecule has 1 aromatic heterocycles. The van der Waals surface area contributed by atoms with Crippen LogP contribution in [0.3, 0.4) is 0 Å². The van der Waals surface area contributed by atoms with Crippen LogP contribution in [-0.4, -0.2) is 48.0 Å². The fourth-order valence-electron chi connectivity index (χ4n) is 4.96. The Hall–Kier alpha value is -2.43. The summed E-state index contributed by atoms with van der Waals surface area (Å²) in [5, 5.41) is 0. The van der Waals surface area contributed by atoms with Crippen molar-refractivity contribution < 1.29 is 4.79 Å². The highest BCUT2D eigenvalue weighted by Crippen LogP contribution is 2.34. The van der Waals surface area contributed by atoms with Gasteiger partial charge in [0.05, 0.1) is 5.69 Å². The van der Waals surface area contributed by atoms with Crippen LogP contribution >= 0.6 is 0 Å². The van der Waals surface area contributed by atoms with Crippen molar-refractivity contribution in [3.05, 3.63) is 42.2 Å². The fourth-order valence-corrected chi connectivity index (χ4v) is 4.96. The molecule has 0 spiro atoms. The van der Waals surface area contributed by atoms with Gasteiger partial charge >= 0.3 is 0 Å². The number of nitrogens with zero attached hydrogens (tertiary/aromatic N) is 4. The predicted octanol–water partition coefficient (Wildman–Crippen LogP) is 4.89. The number of benzene rings is 1. The second-order valence-corrected chi connectivity index (χ2v) is 9.10. The molecular weight excluding hydrogens is 372 g/mol. The quantitative estimate of drug-likeness (QED) is 0.686. The third-order valence-electron chi connectivity index (χ3n) is 6.69. The second-order valence-electron chi connectivity index (χ2n) is 9.10. The first kappa shape index (κ1) is 20.8. The van der Waals surface area contributed by atoms with E-state index < -0.39 is 0 Å². The molecule has 0 N–H and O–H groups in total. The van der Waals surface area contributed by atoms with Gasteiger partial charge in [0.15, 0.2) is 0 Å². The Balaban J connectivity index is 1.53. The lowest BCUT2D eigenvalue weighted by molar-refractivity contribution is -0.132. The van der Waals surface area contributed by atoms with Crippen LogP contribution in [0.25, 0.3) is 11.1 Å². The summed E-state index contributed by atoms with van der Waals surface area (Å²) >= 11 is 0. The van der Waals surface area contributed by atoms with E-state index in [-0.39, 0.29) is 5.92 Å². The van der Waals surface area contributed by atoms with Crippen LogP contribution in [-0.2, 0) is 4.79 Å². The van der Waals surface area contributed by atoms with Gasteiger partial charge in [0.1, 0.15) is 0 Å². The summed E-state index contributed by atoms with van der Waals surface area (Å²) in [6.07, 6.45) is 11.1. The highest BCUT2D eigenvalue weighted by molar-refractivity contribution is 5.76. The van der Waals surface area contributed by atoms with E-state index >= 15 is 0 Å². The van der Waals surface area contributed by atoms with Crippen molar-refractivity contribution in [1.82, 2.24) is 14.9 Å². The SMILES string of the molecule is CN(C)c1ncc(-c2ccccc2)c(C2CCCN(C(=O)CCC3CCCC3)C2)n1. The van der Waals surface area contributed by atoms with Crippen LogP contribution in [0.5, 0.6) is 0 Å². The predicted molar refractivity (Wildman–Crippen MR) is 122 cm³/mol. The number of aromatic nitrogens is 2. The minimum atomic E-state index is 0.256. The molecule has 5 nitrogen and oxygen atoms in total. The topological polar surface area (TPSA) is 49.3 Å². The Bertz CT molecular complexity index is 845. The van der Waals surface area contributed by atoms with Crippen LogP contribution in [0.4, 0.5) is 5.95 Å². The first-order valence-corrected chi connectivity index (χ1v) is 11.5. The van der Waals surface area contributed by atoms with Gasteiger partial charge in [-0.2, -0.15) is 0 Å².